The maximum atomic E-state index is 11.6. The van der Waals surface area contributed by atoms with Crippen LogP contribution in [0.5, 0.6) is 0 Å². The molecule has 0 aliphatic rings. The number of likely N-dealkylation sites (N-methyl/N-ethyl adjacent to an activating group) is 1. The van der Waals surface area contributed by atoms with Gasteiger partial charge in [0, 0.05) is 26.1 Å². The van der Waals surface area contributed by atoms with Crippen molar-refractivity contribution in [2.75, 3.05) is 12.4 Å². The number of hydrogen-bond acceptors (Lipinski definition) is 4. The van der Waals surface area contributed by atoms with Gasteiger partial charge in [0.1, 0.15) is 6.54 Å². The van der Waals surface area contributed by atoms with Gasteiger partial charge in [-0.25, -0.2) is 0 Å². The van der Waals surface area contributed by atoms with Gasteiger partial charge in [0.2, 0.25) is 11.8 Å². The third kappa shape index (κ3) is 5.98. The highest BCUT2D eigenvalue weighted by Gasteiger charge is 2.07. The number of amides is 2. The van der Waals surface area contributed by atoms with E-state index in [9.17, 15) is 14.4 Å². The Morgan fingerprint density at radius 1 is 1.25 bits per heavy atom. The number of aromatic nitrogens is 2. The van der Waals surface area contributed by atoms with E-state index >= 15 is 0 Å². The largest absolute Gasteiger partial charge is 0.481 e. The van der Waals surface area contributed by atoms with Gasteiger partial charge in [-0.05, 0) is 12.8 Å². The van der Waals surface area contributed by atoms with Crippen LogP contribution in [0.4, 0.5) is 5.69 Å². The van der Waals surface area contributed by atoms with Crippen molar-refractivity contribution in [1.82, 2.24) is 15.1 Å². The van der Waals surface area contributed by atoms with Crippen LogP contribution in [-0.2, 0) is 20.9 Å². The molecule has 0 atom stereocenters. The molecule has 0 saturated heterocycles. The molecule has 2 amide bonds. The zero-order valence-corrected chi connectivity index (χ0v) is 11.3. The summed E-state index contributed by atoms with van der Waals surface area (Å²) in [6.45, 7) is 0.0883. The molecule has 0 aromatic carbocycles. The normalized spacial score (nSPS) is 10.1. The van der Waals surface area contributed by atoms with Crippen molar-refractivity contribution in [1.29, 1.82) is 0 Å². The third-order valence-corrected chi connectivity index (χ3v) is 2.55. The number of carboxylic acids is 1. The van der Waals surface area contributed by atoms with Crippen LogP contribution in [-0.4, -0.2) is 39.7 Å². The second kappa shape index (κ2) is 7.93. The number of anilines is 1. The van der Waals surface area contributed by atoms with Gasteiger partial charge < -0.3 is 15.7 Å². The fourth-order valence-corrected chi connectivity index (χ4v) is 1.53. The highest BCUT2D eigenvalue weighted by atomic mass is 16.4. The van der Waals surface area contributed by atoms with Gasteiger partial charge in [-0.15, -0.1) is 0 Å². The van der Waals surface area contributed by atoms with Crippen molar-refractivity contribution in [3.05, 3.63) is 12.4 Å². The summed E-state index contributed by atoms with van der Waals surface area (Å²) in [4.78, 5) is 33.0. The van der Waals surface area contributed by atoms with Crippen molar-refractivity contribution < 1.29 is 19.5 Å². The molecule has 1 rings (SSSR count). The number of hydrogen-bond donors (Lipinski definition) is 3. The number of nitrogens with one attached hydrogen (secondary N) is 2. The number of carbonyl (C=O) groups is 3. The third-order valence-electron chi connectivity index (χ3n) is 2.55. The molecule has 110 valence electrons. The maximum Gasteiger partial charge on any atom is 0.303 e. The summed E-state index contributed by atoms with van der Waals surface area (Å²) in [7, 11) is 1.53. The number of nitrogens with zero attached hydrogens (tertiary/aromatic N) is 2. The number of rotatable bonds is 8. The van der Waals surface area contributed by atoms with Gasteiger partial charge >= 0.3 is 5.97 Å². The first-order valence-electron chi connectivity index (χ1n) is 6.26. The van der Waals surface area contributed by atoms with E-state index in [1.807, 2.05) is 0 Å². The summed E-state index contributed by atoms with van der Waals surface area (Å²) < 4.78 is 1.42. The zero-order valence-electron chi connectivity index (χ0n) is 11.3. The van der Waals surface area contributed by atoms with E-state index in [0.29, 0.717) is 18.5 Å². The fraction of sp³-hybridized carbons (Fsp3) is 0.500. The van der Waals surface area contributed by atoms with E-state index in [2.05, 4.69) is 15.7 Å². The molecule has 1 heterocycles. The van der Waals surface area contributed by atoms with E-state index in [-0.39, 0.29) is 31.2 Å². The van der Waals surface area contributed by atoms with Crippen molar-refractivity contribution >= 4 is 23.5 Å². The number of carbonyl (C=O) groups excluding carboxylic acids is 2. The van der Waals surface area contributed by atoms with Crippen LogP contribution in [0.1, 0.15) is 25.7 Å². The summed E-state index contributed by atoms with van der Waals surface area (Å²) in [5, 5.41) is 17.5. The SMILES string of the molecule is CNC(=O)Cn1cc(NC(=O)CCCCC(=O)O)cn1. The molecule has 0 radical (unpaired) electrons. The zero-order chi connectivity index (χ0) is 15.0. The molecule has 0 unspecified atom stereocenters. The number of carboxylic acid groups (broad SMARTS) is 1. The Labute approximate surface area is 116 Å². The Hall–Kier alpha value is -2.38. The Morgan fingerprint density at radius 3 is 2.60 bits per heavy atom. The molecule has 0 aliphatic carbocycles. The van der Waals surface area contributed by atoms with Crippen LogP contribution >= 0.6 is 0 Å². The van der Waals surface area contributed by atoms with Crippen LogP contribution in [0.25, 0.3) is 0 Å². The van der Waals surface area contributed by atoms with Gasteiger partial charge in [-0.2, -0.15) is 5.10 Å². The summed E-state index contributed by atoms with van der Waals surface area (Å²) in [6, 6.07) is 0. The van der Waals surface area contributed by atoms with Crippen molar-refractivity contribution in [2.24, 2.45) is 0 Å². The molecular weight excluding hydrogens is 264 g/mol. The molecule has 1 aromatic rings. The van der Waals surface area contributed by atoms with Crippen molar-refractivity contribution in [3.8, 4) is 0 Å². The minimum Gasteiger partial charge on any atom is -0.481 e. The van der Waals surface area contributed by atoms with Gasteiger partial charge in [0.15, 0.2) is 0 Å². The van der Waals surface area contributed by atoms with E-state index in [0.717, 1.165) is 0 Å². The summed E-state index contributed by atoms with van der Waals surface area (Å²) >= 11 is 0. The summed E-state index contributed by atoms with van der Waals surface area (Å²) in [6.07, 6.45) is 4.33. The molecule has 8 heteroatoms. The van der Waals surface area contributed by atoms with Crippen LogP contribution in [0.3, 0.4) is 0 Å². The predicted molar refractivity (Wildman–Crippen MR) is 71.0 cm³/mol. The summed E-state index contributed by atoms with van der Waals surface area (Å²) in [5.41, 5.74) is 0.511. The van der Waals surface area contributed by atoms with E-state index < -0.39 is 5.97 Å². The monoisotopic (exact) mass is 282 g/mol. The lowest BCUT2D eigenvalue weighted by molar-refractivity contribution is -0.137. The fourth-order valence-electron chi connectivity index (χ4n) is 1.53. The smallest absolute Gasteiger partial charge is 0.303 e. The van der Waals surface area contributed by atoms with E-state index in [1.54, 1.807) is 6.20 Å². The topological polar surface area (TPSA) is 113 Å². The molecule has 0 aliphatic heterocycles. The molecule has 0 bridgehead atoms. The molecule has 3 N–H and O–H groups in total. The Morgan fingerprint density at radius 2 is 1.95 bits per heavy atom. The quantitative estimate of drug-likeness (QED) is 0.590. The second-order valence-electron chi connectivity index (χ2n) is 4.25. The highest BCUT2D eigenvalue weighted by Crippen LogP contribution is 2.07. The number of unbranched alkanes of at least 4 members (excludes halogenated alkanes) is 1. The standard InChI is InChI=1S/C12H18N4O4/c1-13-11(18)8-16-7-9(6-14-16)15-10(17)4-2-3-5-12(19)20/h6-7H,2-5,8H2,1H3,(H,13,18)(H,15,17)(H,19,20). The van der Waals surface area contributed by atoms with Gasteiger partial charge in [0.05, 0.1) is 11.9 Å². The van der Waals surface area contributed by atoms with Crippen LogP contribution in [0, 0.1) is 0 Å². The number of aliphatic carboxylic acids is 1. The molecule has 0 fully saturated rings. The summed E-state index contributed by atoms with van der Waals surface area (Å²) in [5.74, 6) is -1.24. The maximum absolute atomic E-state index is 11.6. The van der Waals surface area contributed by atoms with Crippen LogP contribution in [0.2, 0.25) is 0 Å². The molecule has 0 spiro atoms. The average molecular weight is 282 g/mol. The van der Waals surface area contributed by atoms with Gasteiger partial charge in [-0.3, -0.25) is 19.1 Å². The first-order valence-corrected chi connectivity index (χ1v) is 6.26. The Balaban J connectivity index is 2.31. The lowest BCUT2D eigenvalue weighted by Gasteiger charge is -2.02. The molecule has 8 nitrogen and oxygen atoms in total. The second-order valence-corrected chi connectivity index (χ2v) is 4.25. The Bertz CT molecular complexity index is 484. The van der Waals surface area contributed by atoms with Crippen molar-refractivity contribution in [3.63, 3.8) is 0 Å². The molecule has 20 heavy (non-hydrogen) atoms. The molecule has 1 aromatic heterocycles. The van der Waals surface area contributed by atoms with Crippen LogP contribution < -0.4 is 10.6 Å². The average Bonchev–Trinajstić information content (AvgIpc) is 2.81. The lowest BCUT2D eigenvalue weighted by atomic mass is 10.2. The Kier molecular flexibility index (Phi) is 6.21. The van der Waals surface area contributed by atoms with Crippen molar-refractivity contribution in [2.45, 2.75) is 32.2 Å². The van der Waals surface area contributed by atoms with Crippen LogP contribution in [0.15, 0.2) is 12.4 Å². The van der Waals surface area contributed by atoms with E-state index in [4.69, 9.17) is 5.11 Å². The first-order chi connectivity index (χ1) is 9.51. The first kappa shape index (κ1) is 15.7. The lowest BCUT2D eigenvalue weighted by Crippen LogP contribution is -2.23. The highest BCUT2D eigenvalue weighted by molar-refractivity contribution is 5.90. The minimum atomic E-state index is -0.860. The predicted octanol–water partition coefficient (Wildman–Crippen LogP) is 0.213. The molecule has 0 saturated carbocycles. The molecular formula is C12H18N4O4. The van der Waals surface area contributed by atoms with E-state index in [1.165, 1.54) is 17.9 Å². The van der Waals surface area contributed by atoms with Gasteiger partial charge in [0.25, 0.3) is 0 Å². The minimum absolute atomic E-state index is 0.0668. The van der Waals surface area contributed by atoms with Gasteiger partial charge in [-0.1, -0.05) is 0 Å².